The van der Waals surface area contributed by atoms with Crippen LogP contribution in [0.5, 0.6) is 5.75 Å². The summed E-state index contributed by atoms with van der Waals surface area (Å²) >= 11 is 7.32. The van der Waals surface area contributed by atoms with Crippen LogP contribution in [-0.2, 0) is 6.61 Å². The first kappa shape index (κ1) is 17.5. The minimum atomic E-state index is -0.460. The second kappa shape index (κ2) is 7.68. The van der Waals surface area contributed by atoms with Crippen molar-refractivity contribution in [2.45, 2.75) is 13.5 Å². The molecule has 1 amide bonds. The SMILES string of the molecule is Cc1ccc(F)c(NC(=O)c2cc(COc3ccccc3Cl)cs2)c1. The maximum Gasteiger partial charge on any atom is 0.265 e. The number of carbonyl (C=O) groups excluding carboxylic acids is 1. The normalized spacial score (nSPS) is 10.5. The minimum Gasteiger partial charge on any atom is -0.487 e. The van der Waals surface area contributed by atoms with Gasteiger partial charge in [0, 0.05) is 5.56 Å². The molecule has 128 valence electrons. The maximum atomic E-state index is 13.8. The van der Waals surface area contributed by atoms with Gasteiger partial charge in [0.2, 0.25) is 0 Å². The summed E-state index contributed by atoms with van der Waals surface area (Å²) in [6.07, 6.45) is 0. The van der Waals surface area contributed by atoms with Crippen molar-refractivity contribution >= 4 is 34.5 Å². The molecule has 0 aliphatic carbocycles. The van der Waals surface area contributed by atoms with Crippen LogP contribution in [0.1, 0.15) is 20.8 Å². The molecule has 25 heavy (non-hydrogen) atoms. The number of hydrogen-bond donors (Lipinski definition) is 1. The van der Waals surface area contributed by atoms with Gasteiger partial charge in [-0.1, -0.05) is 29.8 Å². The van der Waals surface area contributed by atoms with Crippen LogP contribution in [0.25, 0.3) is 0 Å². The van der Waals surface area contributed by atoms with Crippen molar-refractivity contribution in [3.63, 3.8) is 0 Å². The molecule has 1 N–H and O–H groups in total. The number of para-hydroxylation sites is 1. The van der Waals surface area contributed by atoms with Crippen LogP contribution < -0.4 is 10.1 Å². The lowest BCUT2D eigenvalue weighted by Gasteiger charge is -2.06. The summed E-state index contributed by atoms with van der Waals surface area (Å²) < 4.78 is 19.4. The molecule has 1 aromatic heterocycles. The highest BCUT2D eigenvalue weighted by Gasteiger charge is 2.12. The van der Waals surface area contributed by atoms with Crippen LogP contribution >= 0.6 is 22.9 Å². The summed E-state index contributed by atoms with van der Waals surface area (Å²) in [5.74, 6) is -0.223. The van der Waals surface area contributed by atoms with Gasteiger partial charge in [0.05, 0.1) is 15.6 Å². The van der Waals surface area contributed by atoms with Gasteiger partial charge in [0.15, 0.2) is 0 Å². The van der Waals surface area contributed by atoms with Crippen LogP contribution in [0.2, 0.25) is 5.02 Å². The number of ether oxygens (including phenoxy) is 1. The summed E-state index contributed by atoms with van der Waals surface area (Å²) in [7, 11) is 0. The summed E-state index contributed by atoms with van der Waals surface area (Å²) in [4.78, 5) is 12.8. The Morgan fingerprint density at radius 3 is 2.84 bits per heavy atom. The standard InChI is InChI=1S/C19H15ClFNO2S/c1-12-6-7-15(21)16(8-12)22-19(23)18-9-13(11-25-18)10-24-17-5-3-2-4-14(17)20/h2-9,11H,10H2,1H3,(H,22,23). The van der Waals surface area contributed by atoms with E-state index in [-0.39, 0.29) is 11.6 Å². The zero-order chi connectivity index (χ0) is 17.8. The number of halogens is 2. The number of nitrogens with one attached hydrogen (secondary N) is 1. The summed E-state index contributed by atoms with van der Waals surface area (Å²) in [6, 6.07) is 13.5. The number of rotatable bonds is 5. The summed E-state index contributed by atoms with van der Waals surface area (Å²) in [6.45, 7) is 2.14. The van der Waals surface area contributed by atoms with Gasteiger partial charge in [0.25, 0.3) is 5.91 Å². The monoisotopic (exact) mass is 375 g/mol. The lowest BCUT2D eigenvalue weighted by Crippen LogP contribution is -2.11. The minimum absolute atomic E-state index is 0.173. The Balaban J connectivity index is 1.65. The Labute approximate surface area is 154 Å². The zero-order valence-corrected chi connectivity index (χ0v) is 15.0. The Hall–Kier alpha value is -2.37. The highest BCUT2D eigenvalue weighted by Crippen LogP contribution is 2.25. The van der Waals surface area contributed by atoms with Crippen molar-refractivity contribution in [1.82, 2.24) is 0 Å². The van der Waals surface area contributed by atoms with E-state index in [9.17, 15) is 9.18 Å². The van der Waals surface area contributed by atoms with E-state index in [0.717, 1.165) is 11.1 Å². The van der Waals surface area contributed by atoms with Crippen molar-refractivity contribution in [2.75, 3.05) is 5.32 Å². The molecule has 0 saturated heterocycles. The third-order valence-corrected chi connectivity index (χ3v) is 4.77. The quantitative estimate of drug-likeness (QED) is 0.623. The fourth-order valence-electron chi connectivity index (χ4n) is 2.21. The van der Waals surface area contributed by atoms with Gasteiger partial charge in [-0.25, -0.2) is 4.39 Å². The predicted molar refractivity (Wildman–Crippen MR) is 99.2 cm³/mol. The molecule has 1 heterocycles. The fraction of sp³-hybridized carbons (Fsp3) is 0.105. The first-order chi connectivity index (χ1) is 12.0. The Bertz CT molecular complexity index is 910. The number of carbonyl (C=O) groups is 1. The molecule has 2 aromatic carbocycles. The van der Waals surface area contributed by atoms with Gasteiger partial charge in [-0.3, -0.25) is 4.79 Å². The number of benzene rings is 2. The molecule has 3 nitrogen and oxygen atoms in total. The van der Waals surface area contributed by atoms with E-state index in [4.69, 9.17) is 16.3 Å². The molecular formula is C19H15ClFNO2S. The zero-order valence-electron chi connectivity index (χ0n) is 13.4. The smallest absolute Gasteiger partial charge is 0.265 e. The molecular weight excluding hydrogens is 361 g/mol. The number of anilines is 1. The highest BCUT2D eigenvalue weighted by molar-refractivity contribution is 7.12. The lowest BCUT2D eigenvalue weighted by molar-refractivity contribution is 0.103. The highest BCUT2D eigenvalue weighted by atomic mass is 35.5. The average Bonchev–Trinajstić information content (AvgIpc) is 3.06. The van der Waals surface area contributed by atoms with Gasteiger partial charge < -0.3 is 10.1 Å². The van der Waals surface area contributed by atoms with E-state index < -0.39 is 5.82 Å². The Kier molecular flexibility index (Phi) is 5.36. The van der Waals surface area contributed by atoms with Gasteiger partial charge in [0.1, 0.15) is 18.2 Å². The van der Waals surface area contributed by atoms with Crippen LogP contribution in [0.3, 0.4) is 0 Å². The number of thiophene rings is 1. The molecule has 0 unspecified atom stereocenters. The van der Waals surface area contributed by atoms with E-state index in [1.54, 1.807) is 30.3 Å². The molecule has 0 atom stereocenters. The van der Waals surface area contributed by atoms with Crippen LogP contribution in [-0.4, -0.2) is 5.91 Å². The second-order valence-corrected chi connectivity index (χ2v) is 6.79. The van der Waals surface area contributed by atoms with E-state index in [1.807, 2.05) is 24.4 Å². The van der Waals surface area contributed by atoms with Gasteiger partial charge in [-0.05, 0) is 48.2 Å². The Morgan fingerprint density at radius 1 is 1.24 bits per heavy atom. The number of aryl methyl sites for hydroxylation is 1. The molecule has 6 heteroatoms. The third-order valence-electron chi connectivity index (χ3n) is 3.48. The molecule has 3 aromatic rings. The van der Waals surface area contributed by atoms with Crippen molar-refractivity contribution in [3.8, 4) is 5.75 Å². The predicted octanol–water partition coefficient (Wildman–Crippen LogP) is 5.68. The third kappa shape index (κ3) is 4.38. The van der Waals surface area contributed by atoms with Crippen molar-refractivity contribution < 1.29 is 13.9 Å². The molecule has 0 spiro atoms. The van der Waals surface area contributed by atoms with Crippen LogP contribution in [0, 0.1) is 12.7 Å². The lowest BCUT2D eigenvalue weighted by atomic mass is 10.2. The van der Waals surface area contributed by atoms with E-state index >= 15 is 0 Å². The largest absolute Gasteiger partial charge is 0.487 e. The topological polar surface area (TPSA) is 38.3 Å². The first-order valence-corrected chi connectivity index (χ1v) is 8.81. The molecule has 0 saturated carbocycles. The molecule has 0 bridgehead atoms. The first-order valence-electron chi connectivity index (χ1n) is 7.55. The van der Waals surface area contributed by atoms with Crippen LogP contribution in [0.4, 0.5) is 10.1 Å². The van der Waals surface area contributed by atoms with E-state index in [2.05, 4.69) is 5.32 Å². The van der Waals surface area contributed by atoms with E-state index in [1.165, 1.54) is 17.4 Å². The molecule has 0 fully saturated rings. The van der Waals surface area contributed by atoms with Gasteiger partial charge >= 0.3 is 0 Å². The van der Waals surface area contributed by atoms with Crippen molar-refractivity contribution in [1.29, 1.82) is 0 Å². The number of amides is 1. The van der Waals surface area contributed by atoms with Crippen molar-refractivity contribution in [3.05, 3.63) is 80.8 Å². The number of hydrogen-bond acceptors (Lipinski definition) is 3. The van der Waals surface area contributed by atoms with E-state index in [0.29, 0.717) is 22.3 Å². The molecule has 0 aliphatic rings. The summed E-state index contributed by atoms with van der Waals surface area (Å²) in [5, 5.41) is 4.96. The van der Waals surface area contributed by atoms with Crippen molar-refractivity contribution in [2.24, 2.45) is 0 Å². The fourth-order valence-corrected chi connectivity index (χ4v) is 3.19. The van der Waals surface area contributed by atoms with Gasteiger partial charge in [-0.15, -0.1) is 11.3 Å². The van der Waals surface area contributed by atoms with Gasteiger partial charge in [-0.2, -0.15) is 0 Å². The maximum absolute atomic E-state index is 13.8. The Morgan fingerprint density at radius 2 is 2.04 bits per heavy atom. The second-order valence-electron chi connectivity index (χ2n) is 5.48. The summed E-state index contributed by atoms with van der Waals surface area (Å²) in [5.41, 5.74) is 1.89. The molecule has 0 aliphatic heterocycles. The molecule has 0 radical (unpaired) electrons. The molecule has 3 rings (SSSR count). The van der Waals surface area contributed by atoms with Crippen LogP contribution in [0.15, 0.2) is 53.9 Å². The average molecular weight is 376 g/mol.